The van der Waals surface area contributed by atoms with E-state index in [-0.39, 0.29) is 5.41 Å². The van der Waals surface area contributed by atoms with E-state index in [1.54, 1.807) is 0 Å². The van der Waals surface area contributed by atoms with Gasteiger partial charge in [-0.05, 0) is 51.5 Å². The summed E-state index contributed by atoms with van der Waals surface area (Å²) in [6.45, 7) is 9.35. The van der Waals surface area contributed by atoms with E-state index in [0.717, 1.165) is 24.3 Å². The molecule has 0 aliphatic heterocycles. The second-order valence-corrected chi connectivity index (χ2v) is 5.58. The highest BCUT2D eigenvalue weighted by atomic mass is 16.5. The van der Waals surface area contributed by atoms with Crippen molar-refractivity contribution in [1.82, 2.24) is 0 Å². The minimum Gasteiger partial charge on any atom is -0.494 e. The van der Waals surface area contributed by atoms with Gasteiger partial charge in [0.05, 0.1) is 6.61 Å². The van der Waals surface area contributed by atoms with Gasteiger partial charge in [0.25, 0.3) is 0 Å². The lowest BCUT2D eigenvalue weighted by Crippen LogP contribution is -1.99. The lowest BCUT2D eigenvalue weighted by atomic mass is 9.97. The average molecular weight is 244 g/mol. The Bertz CT molecular complexity index is 398. The third-order valence-electron chi connectivity index (χ3n) is 2.45. The SMILES string of the molecule is CCCCCOc1ccc(C#CC(C)(C)C)cc1. The summed E-state index contributed by atoms with van der Waals surface area (Å²) in [7, 11) is 0. The summed E-state index contributed by atoms with van der Waals surface area (Å²) in [5.41, 5.74) is 1.10. The standard InChI is InChI=1S/C17H24O/c1-5-6-7-14-18-16-10-8-15(9-11-16)12-13-17(2,3)4/h8-11H,5-7,14H2,1-4H3. The highest BCUT2D eigenvalue weighted by molar-refractivity contribution is 5.38. The van der Waals surface area contributed by atoms with E-state index < -0.39 is 0 Å². The summed E-state index contributed by atoms with van der Waals surface area (Å²) < 4.78 is 5.66. The molecule has 1 heteroatoms. The number of ether oxygens (including phenoxy) is 1. The number of benzene rings is 1. The first-order valence-corrected chi connectivity index (χ1v) is 6.77. The van der Waals surface area contributed by atoms with Crippen molar-refractivity contribution in [1.29, 1.82) is 0 Å². The monoisotopic (exact) mass is 244 g/mol. The van der Waals surface area contributed by atoms with Crippen molar-refractivity contribution < 1.29 is 4.74 Å². The number of rotatable bonds is 5. The van der Waals surface area contributed by atoms with Crippen LogP contribution in [0.25, 0.3) is 0 Å². The maximum Gasteiger partial charge on any atom is 0.119 e. The largest absolute Gasteiger partial charge is 0.494 e. The number of unbranched alkanes of at least 4 members (excludes halogenated alkanes) is 2. The Morgan fingerprint density at radius 3 is 2.28 bits per heavy atom. The van der Waals surface area contributed by atoms with Gasteiger partial charge in [-0.2, -0.15) is 0 Å². The van der Waals surface area contributed by atoms with Crippen LogP contribution in [-0.4, -0.2) is 6.61 Å². The highest BCUT2D eigenvalue weighted by Gasteiger charge is 2.03. The molecule has 0 unspecified atom stereocenters. The molecule has 0 bridgehead atoms. The van der Waals surface area contributed by atoms with E-state index in [1.807, 2.05) is 24.3 Å². The van der Waals surface area contributed by atoms with E-state index in [0.29, 0.717) is 0 Å². The van der Waals surface area contributed by atoms with Crippen LogP contribution in [-0.2, 0) is 0 Å². The summed E-state index contributed by atoms with van der Waals surface area (Å²) >= 11 is 0. The van der Waals surface area contributed by atoms with Crippen molar-refractivity contribution in [2.75, 3.05) is 6.61 Å². The molecule has 0 N–H and O–H groups in total. The lowest BCUT2D eigenvalue weighted by molar-refractivity contribution is 0.306. The van der Waals surface area contributed by atoms with Gasteiger partial charge in [-0.1, -0.05) is 31.6 Å². The van der Waals surface area contributed by atoms with Gasteiger partial charge in [0, 0.05) is 11.0 Å². The first kappa shape index (κ1) is 14.6. The minimum absolute atomic E-state index is 0.0509. The fourth-order valence-electron chi connectivity index (χ4n) is 1.44. The molecule has 98 valence electrons. The van der Waals surface area contributed by atoms with Gasteiger partial charge in [-0.15, -0.1) is 0 Å². The smallest absolute Gasteiger partial charge is 0.119 e. The normalized spacial score (nSPS) is 10.7. The van der Waals surface area contributed by atoms with Gasteiger partial charge in [0.15, 0.2) is 0 Å². The van der Waals surface area contributed by atoms with Crippen molar-refractivity contribution in [2.24, 2.45) is 5.41 Å². The number of hydrogen-bond donors (Lipinski definition) is 0. The molecule has 18 heavy (non-hydrogen) atoms. The van der Waals surface area contributed by atoms with Gasteiger partial charge >= 0.3 is 0 Å². The predicted molar refractivity (Wildman–Crippen MR) is 77.8 cm³/mol. The van der Waals surface area contributed by atoms with Gasteiger partial charge in [0.2, 0.25) is 0 Å². The molecule has 0 fully saturated rings. The Balaban J connectivity index is 2.49. The van der Waals surface area contributed by atoms with E-state index in [2.05, 4.69) is 39.5 Å². The maximum atomic E-state index is 5.66. The predicted octanol–water partition coefficient (Wildman–Crippen LogP) is 4.65. The fourth-order valence-corrected chi connectivity index (χ4v) is 1.44. The molecule has 0 aliphatic carbocycles. The van der Waals surface area contributed by atoms with Crippen LogP contribution in [0.15, 0.2) is 24.3 Å². The molecule has 0 atom stereocenters. The molecule has 1 aromatic rings. The zero-order valence-corrected chi connectivity index (χ0v) is 12.0. The van der Waals surface area contributed by atoms with Crippen LogP contribution in [0, 0.1) is 17.3 Å². The van der Waals surface area contributed by atoms with Gasteiger partial charge in [-0.25, -0.2) is 0 Å². The molecular formula is C17H24O. The van der Waals surface area contributed by atoms with E-state index in [4.69, 9.17) is 4.74 Å². The highest BCUT2D eigenvalue weighted by Crippen LogP contribution is 2.14. The molecule has 0 saturated carbocycles. The lowest BCUT2D eigenvalue weighted by Gasteiger charge is -2.07. The summed E-state index contributed by atoms with van der Waals surface area (Å²) in [6.07, 6.45) is 3.59. The Kier molecular flexibility index (Phi) is 5.78. The summed E-state index contributed by atoms with van der Waals surface area (Å²) in [6, 6.07) is 8.04. The van der Waals surface area contributed by atoms with E-state index >= 15 is 0 Å². The molecule has 1 aromatic carbocycles. The third-order valence-corrected chi connectivity index (χ3v) is 2.45. The zero-order valence-electron chi connectivity index (χ0n) is 12.0. The van der Waals surface area contributed by atoms with Crippen molar-refractivity contribution in [3.63, 3.8) is 0 Å². The zero-order chi connectivity index (χ0) is 13.4. The summed E-state index contributed by atoms with van der Waals surface area (Å²) in [4.78, 5) is 0. The van der Waals surface area contributed by atoms with Gasteiger partial charge in [0.1, 0.15) is 5.75 Å². The molecule has 0 heterocycles. The molecule has 0 spiro atoms. The van der Waals surface area contributed by atoms with E-state index in [9.17, 15) is 0 Å². The third kappa shape index (κ3) is 6.35. The number of hydrogen-bond acceptors (Lipinski definition) is 1. The van der Waals surface area contributed by atoms with Gasteiger partial charge in [-0.3, -0.25) is 0 Å². The molecule has 0 aliphatic rings. The van der Waals surface area contributed by atoms with Gasteiger partial charge < -0.3 is 4.74 Å². The second kappa shape index (κ2) is 7.11. The summed E-state index contributed by atoms with van der Waals surface area (Å²) in [5.74, 6) is 7.35. The maximum absolute atomic E-state index is 5.66. The quantitative estimate of drug-likeness (QED) is 0.541. The molecular weight excluding hydrogens is 220 g/mol. The molecule has 0 amide bonds. The topological polar surface area (TPSA) is 9.23 Å². The summed E-state index contributed by atoms with van der Waals surface area (Å²) in [5, 5.41) is 0. The van der Waals surface area contributed by atoms with Crippen LogP contribution >= 0.6 is 0 Å². The van der Waals surface area contributed by atoms with E-state index in [1.165, 1.54) is 12.8 Å². The van der Waals surface area contributed by atoms with Crippen LogP contribution in [0.4, 0.5) is 0 Å². The second-order valence-electron chi connectivity index (χ2n) is 5.58. The molecule has 1 nitrogen and oxygen atoms in total. The van der Waals surface area contributed by atoms with Crippen molar-refractivity contribution in [3.05, 3.63) is 29.8 Å². The van der Waals surface area contributed by atoms with Crippen molar-refractivity contribution in [2.45, 2.75) is 47.0 Å². The Morgan fingerprint density at radius 1 is 1.06 bits per heavy atom. The Morgan fingerprint density at radius 2 is 1.72 bits per heavy atom. The molecule has 1 rings (SSSR count). The van der Waals surface area contributed by atoms with Crippen LogP contribution in [0.2, 0.25) is 0 Å². The average Bonchev–Trinajstić information content (AvgIpc) is 2.33. The van der Waals surface area contributed by atoms with Crippen LogP contribution in [0.5, 0.6) is 5.75 Å². The van der Waals surface area contributed by atoms with Crippen LogP contribution < -0.4 is 4.74 Å². The molecule has 0 saturated heterocycles. The first-order valence-electron chi connectivity index (χ1n) is 6.77. The van der Waals surface area contributed by atoms with Crippen molar-refractivity contribution in [3.8, 4) is 17.6 Å². The molecule has 0 radical (unpaired) electrons. The minimum atomic E-state index is 0.0509. The first-order chi connectivity index (χ1) is 8.51. The van der Waals surface area contributed by atoms with Crippen molar-refractivity contribution >= 4 is 0 Å². The van der Waals surface area contributed by atoms with Crippen LogP contribution in [0.3, 0.4) is 0 Å². The Labute approximate surface area is 112 Å². The molecule has 0 aromatic heterocycles. The Hall–Kier alpha value is -1.42. The van der Waals surface area contributed by atoms with Crippen LogP contribution in [0.1, 0.15) is 52.5 Å². The fraction of sp³-hybridized carbons (Fsp3) is 0.529.